The summed E-state index contributed by atoms with van der Waals surface area (Å²) in [5.74, 6) is 0.933. The maximum atomic E-state index is 5.69. The normalized spacial score (nSPS) is 10.5. The Morgan fingerprint density at radius 3 is 2.43 bits per heavy atom. The van der Waals surface area contributed by atoms with E-state index < -0.39 is 0 Å². The lowest BCUT2D eigenvalue weighted by Crippen LogP contribution is -2.07. The lowest BCUT2D eigenvalue weighted by atomic mass is 10.1. The molecule has 0 saturated carbocycles. The lowest BCUT2D eigenvalue weighted by molar-refractivity contribution is 0.315. The molecule has 3 rings (SSSR count). The number of nitrogens with one attached hydrogen (secondary N) is 1. The Kier molecular flexibility index (Phi) is 4.37. The van der Waals surface area contributed by atoms with E-state index in [9.17, 15) is 0 Å². The predicted molar refractivity (Wildman–Crippen MR) is 89.0 cm³/mol. The van der Waals surface area contributed by atoms with Crippen LogP contribution in [0.25, 0.3) is 10.8 Å². The van der Waals surface area contributed by atoms with Crippen LogP contribution < -0.4 is 10.1 Å². The molecule has 3 aromatic rings. The summed E-state index contributed by atoms with van der Waals surface area (Å²) in [6.45, 7) is 1.63. The van der Waals surface area contributed by atoms with E-state index in [1.54, 1.807) is 0 Å². The summed E-state index contributed by atoms with van der Waals surface area (Å²) in [6, 6.07) is 24.7. The Balaban J connectivity index is 1.51. The van der Waals surface area contributed by atoms with Crippen molar-refractivity contribution in [1.82, 2.24) is 0 Å². The number of rotatable bonds is 6. The van der Waals surface area contributed by atoms with E-state index in [0.29, 0.717) is 0 Å². The van der Waals surface area contributed by atoms with Gasteiger partial charge in [-0.2, -0.15) is 0 Å². The highest BCUT2D eigenvalue weighted by Gasteiger charge is 1.99. The van der Waals surface area contributed by atoms with Crippen molar-refractivity contribution in [3.8, 4) is 5.75 Å². The molecule has 0 aliphatic carbocycles. The average Bonchev–Trinajstić information content (AvgIpc) is 2.56. The summed E-state index contributed by atoms with van der Waals surface area (Å²) in [7, 11) is 0. The van der Waals surface area contributed by atoms with E-state index in [-0.39, 0.29) is 0 Å². The van der Waals surface area contributed by atoms with Gasteiger partial charge in [-0.05, 0) is 30.0 Å². The van der Waals surface area contributed by atoms with E-state index in [4.69, 9.17) is 4.74 Å². The van der Waals surface area contributed by atoms with Gasteiger partial charge in [0.15, 0.2) is 0 Å². The first-order chi connectivity index (χ1) is 10.4. The number of fused-ring (bicyclic) bond motifs is 1. The van der Waals surface area contributed by atoms with Crippen LogP contribution in [0.2, 0.25) is 0 Å². The van der Waals surface area contributed by atoms with Gasteiger partial charge in [0.25, 0.3) is 0 Å². The summed E-state index contributed by atoms with van der Waals surface area (Å²) in [5, 5.41) is 6.03. The van der Waals surface area contributed by atoms with Crippen molar-refractivity contribution in [1.29, 1.82) is 0 Å². The molecule has 106 valence electrons. The molecule has 21 heavy (non-hydrogen) atoms. The van der Waals surface area contributed by atoms with Gasteiger partial charge >= 0.3 is 0 Å². The molecule has 0 heterocycles. The molecule has 2 heteroatoms. The Morgan fingerprint density at radius 2 is 1.52 bits per heavy atom. The monoisotopic (exact) mass is 277 g/mol. The first-order valence-electron chi connectivity index (χ1n) is 7.33. The second kappa shape index (κ2) is 6.80. The molecule has 0 saturated heterocycles. The van der Waals surface area contributed by atoms with Crippen LogP contribution in [0.15, 0.2) is 72.8 Å². The fourth-order valence-electron chi connectivity index (χ4n) is 2.38. The second-order valence-electron chi connectivity index (χ2n) is 4.97. The zero-order chi connectivity index (χ0) is 14.3. The molecule has 0 amide bonds. The standard InChI is InChI=1S/C19H19NO/c1-2-10-17(11-3-1)21-15-7-14-20-19-13-6-9-16-8-4-5-12-18(16)19/h1-6,8-13,20H,7,14-15H2. The number of benzene rings is 3. The summed E-state index contributed by atoms with van der Waals surface area (Å²) in [5.41, 5.74) is 1.19. The van der Waals surface area contributed by atoms with Crippen LogP contribution in [0.1, 0.15) is 6.42 Å². The number of hydrogen-bond donors (Lipinski definition) is 1. The summed E-state index contributed by atoms with van der Waals surface area (Å²) in [6.07, 6.45) is 0.970. The second-order valence-corrected chi connectivity index (χ2v) is 4.97. The van der Waals surface area contributed by atoms with Crippen LogP contribution in [-0.4, -0.2) is 13.2 Å². The molecule has 0 spiro atoms. The maximum absolute atomic E-state index is 5.69. The Bertz CT molecular complexity index is 689. The van der Waals surface area contributed by atoms with Gasteiger partial charge in [0.05, 0.1) is 6.61 Å². The van der Waals surface area contributed by atoms with Gasteiger partial charge < -0.3 is 10.1 Å². The van der Waals surface area contributed by atoms with E-state index in [2.05, 4.69) is 47.8 Å². The van der Waals surface area contributed by atoms with Gasteiger partial charge in [0, 0.05) is 17.6 Å². The van der Waals surface area contributed by atoms with Gasteiger partial charge in [-0.1, -0.05) is 54.6 Å². The van der Waals surface area contributed by atoms with Crippen molar-refractivity contribution in [2.75, 3.05) is 18.5 Å². The number of ether oxygens (including phenoxy) is 1. The van der Waals surface area contributed by atoms with Crippen molar-refractivity contribution in [2.45, 2.75) is 6.42 Å². The van der Waals surface area contributed by atoms with Gasteiger partial charge in [-0.25, -0.2) is 0 Å². The molecule has 1 N–H and O–H groups in total. The molecule has 0 radical (unpaired) electrons. The Morgan fingerprint density at radius 1 is 0.762 bits per heavy atom. The van der Waals surface area contributed by atoms with E-state index in [0.717, 1.165) is 25.3 Å². The molecule has 2 nitrogen and oxygen atoms in total. The van der Waals surface area contributed by atoms with Crippen molar-refractivity contribution in [3.63, 3.8) is 0 Å². The summed E-state index contributed by atoms with van der Waals surface area (Å²) >= 11 is 0. The topological polar surface area (TPSA) is 21.3 Å². The zero-order valence-electron chi connectivity index (χ0n) is 12.0. The largest absolute Gasteiger partial charge is 0.494 e. The van der Waals surface area contributed by atoms with Crippen molar-refractivity contribution in [2.24, 2.45) is 0 Å². The minimum absolute atomic E-state index is 0.724. The highest BCUT2D eigenvalue weighted by molar-refractivity contribution is 5.93. The van der Waals surface area contributed by atoms with Gasteiger partial charge in [0.1, 0.15) is 5.75 Å². The van der Waals surface area contributed by atoms with Crippen LogP contribution in [0, 0.1) is 0 Å². The van der Waals surface area contributed by atoms with Gasteiger partial charge in [-0.15, -0.1) is 0 Å². The highest BCUT2D eigenvalue weighted by atomic mass is 16.5. The SMILES string of the molecule is c1ccc(OCCCNc2cccc3ccccc23)cc1. The molecule has 0 unspecified atom stereocenters. The van der Waals surface area contributed by atoms with Crippen LogP contribution in [-0.2, 0) is 0 Å². The molecule has 0 aromatic heterocycles. The molecule has 0 bridgehead atoms. The Labute approximate surface area is 125 Å². The van der Waals surface area contributed by atoms with Gasteiger partial charge in [0.2, 0.25) is 0 Å². The summed E-state index contributed by atoms with van der Waals surface area (Å²) < 4.78 is 5.69. The minimum atomic E-state index is 0.724. The fraction of sp³-hybridized carbons (Fsp3) is 0.158. The highest BCUT2D eigenvalue weighted by Crippen LogP contribution is 2.22. The minimum Gasteiger partial charge on any atom is -0.494 e. The first-order valence-corrected chi connectivity index (χ1v) is 7.33. The lowest BCUT2D eigenvalue weighted by Gasteiger charge is -2.10. The smallest absolute Gasteiger partial charge is 0.119 e. The third-order valence-corrected chi connectivity index (χ3v) is 3.44. The fourth-order valence-corrected chi connectivity index (χ4v) is 2.38. The van der Waals surface area contributed by atoms with E-state index >= 15 is 0 Å². The molecular weight excluding hydrogens is 258 g/mol. The molecular formula is C19H19NO. The van der Waals surface area contributed by atoms with Gasteiger partial charge in [-0.3, -0.25) is 0 Å². The molecule has 0 aliphatic rings. The number of anilines is 1. The predicted octanol–water partition coefficient (Wildman–Crippen LogP) is 4.72. The third kappa shape index (κ3) is 3.54. The molecule has 0 aliphatic heterocycles. The quantitative estimate of drug-likeness (QED) is 0.658. The van der Waals surface area contributed by atoms with Crippen LogP contribution in [0.5, 0.6) is 5.75 Å². The first kappa shape index (κ1) is 13.5. The van der Waals surface area contributed by atoms with Crippen LogP contribution >= 0.6 is 0 Å². The van der Waals surface area contributed by atoms with Crippen molar-refractivity contribution >= 4 is 16.5 Å². The molecule has 0 atom stereocenters. The maximum Gasteiger partial charge on any atom is 0.119 e. The molecule has 0 fully saturated rings. The third-order valence-electron chi connectivity index (χ3n) is 3.44. The zero-order valence-corrected chi connectivity index (χ0v) is 12.0. The Hall–Kier alpha value is -2.48. The van der Waals surface area contributed by atoms with Crippen molar-refractivity contribution < 1.29 is 4.74 Å². The number of hydrogen-bond acceptors (Lipinski definition) is 2. The van der Waals surface area contributed by atoms with E-state index in [1.165, 1.54) is 16.5 Å². The average molecular weight is 277 g/mol. The van der Waals surface area contributed by atoms with Crippen molar-refractivity contribution in [3.05, 3.63) is 72.8 Å². The summed E-state index contributed by atoms with van der Waals surface area (Å²) in [4.78, 5) is 0. The van der Waals surface area contributed by atoms with E-state index in [1.807, 2.05) is 30.3 Å². The van der Waals surface area contributed by atoms with Crippen LogP contribution in [0.3, 0.4) is 0 Å². The van der Waals surface area contributed by atoms with Crippen LogP contribution in [0.4, 0.5) is 5.69 Å². The number of para-hydroxylation sites is 1. The molecule has 3 aromatic carbocycles.